The van der Waals surface area contributed by atoms with E-state index in [-0.39, 0.29) is 5.91 Å². The minimum absolute atomic E-state index is 0.00632. The molecule has 30 heavy (non-hydrogen) atoms. The molecule has 0 spiro atoms. The van der Waals surface area contributed by atoms with Gasteiger partial charge in [0.15, 0.2) is 5.16 Å². The van der Waals surface area contributed by atoms with Crippen molar-refractivity contribution in [3.8, 4) is 0 Å². The molecule has 0 atom stereocenters. The van der Waals surface area contributed by atoms with Crippen LogP contribution in [-0.2, 0) is 12.3 Å². The fourth-order valence-electron chi connectivity index (χ4n) is 3.03. The van der Waals surface area contributed by atoms with E-state index in [2.05, 4.69) is 32.3 Å². The molecule has 1 heterocycles. The molecule has 1 aliphatic rings. The first kappa shape index (κ1) is 20.7. The Kier molecular flexibility index (Phi) is 6.55. The van der Waals surface area contributed by atoms with E-state index in [0.717, 1.165) is 30.8 Å². The summed E-state index contributed by atoms with van der Waals surface area (Å²) >= 11 is 7.76. The third-order valence-electron chi connectivity index (χ3n) is 4.78. The van der Waals surface area contributed by atoms with Gasteiger partial charge in [-0.05, 0) is 36.1 Å². The van der Waals surface area contributed by atoms with Crippen molar-refractivity contribution < 1.29 is 4.79 Å². The molecule has 154 valence electrons. The average Bonchev–Trinajstić information content (AvgIpc) is 3.57. The number of hydrogen-bond donors (Lipinski definition) is 1. The van der Waals surface area contributed by atoms with Gasteiger partial charge >= 0.3 is 0 Å². The van der Waals surface area contributed by atoms with Gasteiger partial charge in [0, 0.05) is 37.0 Å². The molecule has 0 radical (unpaired) electrons. The van der Waals surface area contributed by atoms with Gasteiger partial charge in [-0.15, -0.1) is 0 Å². The van der Waals surface area contributed by atoms with E-state index in [1.807, 2.05) is 49.5 Å². The third kappa shape index (κ3) is 5.74. The number of anilines is 1. The summed E-state index contributed by atoms with van der Waals surface area (Å²) < 4.78 is 0. The van der Waals surface area contributed by atoms with Gasteiger partial charge in [0.1, 0.15) is 11.0 Å². The van der Waals surface area contributed by atoms with Crippen LogP contribution in [0, 0.1) is 0 Å². The lowest BCUT2D eigenvalue weighted by atomic mass is 10.1. The molecule has 1 N–H and O–H groups in total. The third-order valence-corrected chi connectivity index (χ3v) is 5.90. The first-order valence-corrected chi connectivity index (χ1v) is 11.3. The molecule has 0 unspecified atom stereocenters. The quantitative estimate of drug-likeness (QED) is 0.306. The second-order valence-corrected chi connectivity index (χ2v) is 8.74. The van der Waals surface area contributed by atoms with Gasteiger partial charge in [-0.3, -0.25) is 4.79 Å². The second-order valence-electron chi connectivity index (χ2n) is 7.41. The molecule has 4 rings (SSSR count). The lowest BCUT2D eigenvalue weighted by Gasteiger charge is -2.19. The first-order chi connectivity index (χ1) is 14.6. The SMILES string of the molecule is CN(Cc1ccccc1)c1cc(Cl)nc(SCc2cccc(C(=O)NC3CC3)c2)n1. The van der Waals surface area contributed by atoms with E-state index in [0.29, 0.717) is 27.7 Å². The number of nitrogens with one attached hydrogen (secondary N) is 1. The van der Waals surface area contributed by atoms with E-state index in [4.69, 9.17) is 11.6 Å². The molecular weight excluding hydrogens is 416 g/mol. The first-order valence-electron chi connectivity index (χ1n) is 9.89. The van der Waals surface area contributed by atoms with Gasteiger partial charge < -0.3 is 10.2 Å². The predicted molar refractivity (Wildman–Crippen MR) is 122 cm³/mol. The summed E-state index contributed by atoms with van der Waals surface area (Å²) in [6.45, 7) is 0.733. The number of benzene rings is 2. The molecule has 0 saturated heterocycles. The molecule has 0 bridgehead atoms. The number of nitrogens with zero attached hydrogens (tertiary/aromatic N) is 3. The van der Waals surface area contributed by atoms with Crippen LogP contribution in [0.2, 0.25) is 5.15 Å². The smallest absolute Gasteiger partial charge is 0.251 e. The van der Waals surface area contributed by atoms with Crippen LogP contribution >= 0.6 is 23.4 Å². The lowest BCUT2D eigenvalue weighted by molar-refractivity contribution is 0.0951. The van der Waals surface area contributed by atoms with Crippen molar-refractivity contribution in [3.05, 3.63) is 82.5 Å². The molecule has 1 aromatic heterocycles. The van der Waals surface area contributed by atoms with Gasteiger partial charge in [0.05, 0.1) is 0 Å². The second kappa shape index (κ2) is 9.49. The van der Waals surface area contributed by atoms with E-state index in [1.54, 1.807) is 6.07 Å². The van der Waals surface area contributed by atoms with Crippen molar-refractivity contribution in [1.29, 1.82) is 0 Å². The van der Waals surface area contributed by atoms with Gasteiger partial charge in [0.25, 0.3) is 5.91 Å². The molecule has 7 heteroatoms. The van der Waals surface area contributed by atoms with E-state index in [9.17, 15) is 4.79 Å². The lowest BCUT2D eigenvalue weighted by Crippen LogP contribution is -2.25. The number of carbonyl (C=O) groups is 1. The number of rotatable bonds is 8. The van der Waals surface area contributed by atoms with E-state index >= 15 is 0 Å². The van der Waals surface area contributed by atoms with Gasteiger partial charge in [-0.25, -0.2) is 9.97 Å². The molecule has 2 aromatic carbocycles. The Hall–Kier alpha value is -2.57. The van der Waals surface area contributed by atoms with Crippen molar-refractivity contribution >= 4 is 35.1 Å². The van der Waals surface area contributed by atoms with Crippen LogP contribution in [-0.4, -0.2) is 29.0 Å². The highest BCUT2D eigenvalue weighted by atomic mass is 35.5. The number of amides is 1. The highest BCUT2D eigenvalue weighted by Crippen LogP contribution is 2.25. The van der Waals surface area contributed by atoms with Crippen LogP contribution in [0.3, 0.4) is 0 Å². The molecule has 1 saturated carbocycles. The van der Waals surface area contributed by atoms with Crippen molar-refractivity contribution in [2.24, 2.45) is 0 Å². The highest BCUT2D eigenvalue weighted by molar-refractivity contribution is 7.98. The number of halogens is 1. The normalized spacial score (nSPS) is 13.1. The fraction of sp³-hybridized carbons (Fsp3) is 0.261. The largest absolute Gasteiger partial charge is 0.355 e. The maximum absolute atomic E-state index is 12.3. The monoisotopic (exact) mass is 438 g/mol. The molecule has 1 fully saturated rings. The van der Waals surface area contributed by atoms with Gasteiger partial charge in [-0.2, -0.15) is 0 Å². The Balaban J connectivity index is 1.41. The van der Waals surface area contributed by atoms with Gasteiger partial charge in [0.2, 0.25) is 0 Å². The number of carbonyl (C=O) groups excluding carboxylic acids is 1. The molecule has 1 amide bonds. The summed E-state index contributed by atoms with van der Waals surface area (Å²) in [6.07, 6.45) is 2.16. The maximum Gasteiger partial charge on any atom is 0.251 e. The molecule has 0 aliphatic heterocycles. The average molecular weight is 439 g/mol. The fourth-order valence-corrected chi connectivity index (χ4v) is 4.05. The van der Waals surface area contributed by atoms with Crippen LogP contribution in [0.5, 0.6) is 0 Å². The summed E-state index contributed by atoms with van der Waals surface area (Å²) in [4.78, 5) is 23.3. The van der Waals surface area contributed by atoms with Crippen molar-refractivity contribution in [2.45, 2.75) is 36.3 Å². The minimum atomic E-state index is -0.00632. The van der Waals surface area contributed by atoms with Crippen molar-refractivity contribution in [2.75, 3.05) is 11.9 Å². The zero-order chi connectivity index (χ0) is 20.9. The zero-order valence-electron chi connectivity index (χ0n) is 16.7. The standard InChI is InChI=1S/C23H23ClN4OS/c1-28(14-16-6-3-2-4-7-16)21-13-20(24)26-23(27-21)30-15-17-8-5-9-18(12-17)22(29)25-19-10-11-19/h2-9,12-13,19H,10-11,14-15H2,1H3,(H,25,29). The summed E-state index contributed by atoms with van der Waals surface area (Å²) in [6, 6.07) is 20.0. The summed E-state index contributed by atoms with van der Waals surface area (Å²) in [5, 5.41) is 4.06. The predicted octanol–water partition coefficient (Wildman–Crippen LogP) is 4.95. The van der Waals surface area contributed by atoms with Gasteiger partial charge in [-0.1, -0.05) is 65.8 Å². The molecule has 1 aliphatic carbocycles. The number of hydrogen-bond acceptors (Lipinski definition) is 5. The highest BCUT2D eigenvalue weighted by Gasteiger charge is 2.23. The summed E-state index contributed by atoms with van der Waals surface area (Å²) in [5.41, 5.74) is 2.94. The molecule has 3 aromatic rings. The summed E-state index contributed by atoms with van der Waals surface area (Å²) in [7, 11) is 1.99. The number of aromatic nitrogens is 2. The van der Waals surface area contributed by atoms with Crippen LogP contribution < -0.4 is 10.2 Å². The van der Waals surface area contributed by atoms with Crippen molar-refractivity contribution in [1.82, 2.24) is 15.3 Å². The van der Waals surface area contributed by atoms with Crippen molar-refractivity contribution in [3.63, 3.8) is 0 Å². The van der Waals surface area contributed by atoms with Crippen LogP contribution in [0.1, 0.15) is 34.3 Å². The van der Waals surface area contributed by atoms with E-state index in [1.165, 1.54) is 17.3 Å². The van der Waals surface area contributed by atoms with Crippen LogP contribution in [0.25, 0.3) is 0 Å². The molecule has 5 nitrogen and oxygen atoms in total. The zero-order valence-corrected chi connectivity index (χ0v) is 18.3. The maximum atomic E-state index is 12.3. The Morgan fingerprint density at radius 3 is 2.63 bits per heavy atom. The Labute approximate surface area is 185 Å². The summed E-state index contributed by atoms with van der Waals surface area (Å²) in [5.74, 6) is 1.43. The topological polar surface area (TPSA) is 58.1 Å². The number of thioether (sulfide) groups is 1. The Morgan fingerprint density at radius 2 is 1.87 bits per heavy atom. The van der Waals surface area contributed by atoms with Crippen LogP contribution in [0.15, 0.2) is 65.8 Å². The van der Waals surface area contributed by atoms with Crippen LogP contribution in [0.4, 0.5) is 5.82 Å². The van der Waals surface area contributed by atoms with E-state index < -0.39 is 0 Å². The Bertz CT molecular complexity index is 1030. The Morgan fingerprint density at radius 1 is 1.10 bits per heavy atom. The molecular formula is C23H23ClN4OS. The minimum Gasteiger partial charge on any atom is -0.355 e.